The van der Waals surface area contributed by atoms with E-state index in [1.807, 2.05) is 0 Å². The Kier molecular flexibility index (Phi) is 6.55. The van der Waals surface area contributed by atoms with Crippen molar-refractivity contribution in [1.82, 2.24) is 10.2 Å². The van der Waals surface area contributed by atoms with Gasteiger partial charge in [-0.25, -0.2) is 13.6 Å². The molecule has 3 N–H and O–H groups in total. The summed E-state index contributed by atoms with van der Waals surface area (Å²) in [6.07, 6.45) is 2.83. The summed E-state index contributed by atoms with van der Waals surface area (Å²) in [6, 6.07) is 6.26. The van der Waals surface area contributed by atoms with Gasteiger partial charge in [0.25, 0.3) is 0 Å². The maximum Gasteiger partial charge on any atom is 0.238 e. The number of benzene rings is 1. The predicted octanol–water partition coefficient (Wildman–Crippen LogP) is 0.641. The van der Waals surface area contributed by atoms with Crippen LogP contribution in [0.25, 0.3) is 0 Å². The van der Waals surface area contributed by atoms with Gasteiger partial charge in [-0.3, -0.25) is 9.59 Å². The zero-order valence-corrected chi connectivity index (χ0v) is 15.2. The summed E-state index contributed by atoms with van der Waals surface area (Å²) in [4.78, 5) is 25.9. The number of nitrogens with two attached hydrogens (primary N) is 1. The number of carbonyl (C=O) groups excluding carboxylic acids is 2. The Bertz CT molecular complexity index is 716. The van der Waals surface area contributed by atoms with Crippen molar-refractivity contribution in [3.63, 3.8) is 0 Å². The van der Waals surface area contributed by atoms with Crippen molar-refractivity contribution in [2.45, 2.75) is 37.5 Å². The Balaban J connectivity index is 1.78. The Morgan fingerprint density at radius 3 is 2.60 bits per heavy atom. The summed E-state index contributed by atoms with van der Waals surface area (Å²) < 4.78 is 22.4. The summed E-state index contributed by atoms with van der Waals surface area (Å²) in [5.41, 5.74) is 0.903. The van der Waals surface area contributed by atoms with Gasteiger partial charge in [0.2, 0.25) is 21.8 Å². The molecule has 0 unspecified atom stereocenters. The molecule has 1 heterocycles. The summed E-state index contributed by atoms with van der Waals surface area (Å²) in [6.45, 7) is 3.72. The first-order valence-electron chi connectivity index (χ1n) is 8.48. The number of sulfonamides is 1. The first kappa shape index (κ1) is 19.4. The lowest BCUT2D eigenvalue weighted by Crippen LogP contribution is -2.34. The van der Waals surface area contributed by atoms with Crippen LogP contribution in [-0.4, -0.2) is 44.8 Å². The minimum Gasteiger partial charge on any atom is -0.355 e. The molecule has 1 atom stereocenters. The average Bonchev–Trinajstić information content (AvgIpc) is 2.93. The van der Waals surface area contributed by atoms with Gasteiger partial charge in [0.1, 0.15) is 0 Å². The molecule has 138 valence electrons. The summed E-state index contributed by atoms with van der Waals surface area (Å²) in [5.74, 6) is -0.338. The highest BCUT2D eigenvalue weighted by molar-refractivity contribution is 7.89. The lowest BCUT2D eigenvalue weighted by molar-refractivity contribution is -0.129. The molecule has 1 aromatic rings. The van der Waals surface area contributed by atoms with Gasteiger partial charge in [0, 0.05) is 26.1 Å². The molecule has 1 aliphatic heterocycles. The molecule has 0 saturated carbocycles. The highest BCUT2D eigenvalue weighted by Gasteiger charge is 2.33. The van der Waals surface area contributed by atoms with E-state index in [4.69, 9.17) is 5.14 Å². The Labute approximate surface area is 148 Å². The van der Waals surface area contributed by atoms with E-state index >= 15 is 0 Å². The number of hydrogen-bond acceptors (Lipinski definition) is 4. The van der Waals surface area contributed by atoms with Crippen LogP contribution in [0.5, 0.6) is 0 Å². The largest absolute Gasteiger partial charge is 0.355 e. The number of amides is 2. The molecule has 7 nitrogen and oxygen atoms in total. The normalized spacial score (nSPS) is 17.8. The van der Waals surface area contributed by atoms with Gasteiger partial charge in [0.05, 0.1) is 10.8 Å². The van der Waals surface area contributed by atoms with E-state index in [1.54, 1.807) is 17.0 Å². The van der Waals surface area contributed by atoms with Gasteiger partial charge in [-0.1, -0.05) is 25.5 Å². The van der Waals surface area contributed by atoms with Crippen LogP contribution < -0.4 is 10.5 Å². The molecule has 1 aliphatic rings. The van der Waals surface area contributed by atoms with Crippen LogP contribution in [0.4, 0.5) is 0 Å². The molecule has 0 bridgehead atoms. The van der Waals surface area contributed by atoms with Crippen LogP contribution in [0.1, 0.15) is 31.7 Å². The second kappa shape index (κ2) is 8.44. The first-order chi connectivity index (χ1) is 11.8. The lowest BCUT2D eigenvalue weighted by Gasteiger charge is -2.16. The molecule has 0 aromatic heterocycles. The van der Waals surface area contributed by atoms with Crippen LogP contribution in [0.3, 0.4) is 0 Å². The van der Waals surface area contributed by atoms with Crippen LogP contribution in [0.2, 0.25) is 0 Å². The Hall–Kier alpha value is -1.93. The zero-order valence-electron chi connectivity index (χ0n) is 14.4. The SMILES string of the molecule is CCCCN1C[C@@H](C(=O)NCCc2ccc(S(N)(=O)=O)cc2)CC1=O. The molecule has 1 saturated heterocycles. The van der Waals surface area contributed by atoms with Crippen LogP contribution in [0.15, 0.2) is 29.2 Å². The first-order valence-corrected chi connectivity index (χ1v) is 10.0. The molecule has 1 fully saturated rings. The number of likely N-dealkylation sites (tertiary alicyclic amines) is 1. The van der Waals surface area contributed by atoms with Crippen molar-refractivity contribution in [2.24, 2.45) is 11.1 Å². The standard InChI is InChI=1S/C17H25N3O4S/c1-2-3-10-20-12-14(11-16(20)21)17(22)19-9-8-13-4-6-15(7-5-13)25(18,23)24/h4-7,14H,2-3,8-12H2,1H3,(H,19,22)(H2,18,23,24)/t14-/m0/s1. The number of rotatable bonds is 8. The Morgan fingerprint density at radius 1 is 1.32 bits per heavy atom. The van der Waals surface area contributed by atoms with Gasteiger partial charge < -0.3 is 10.2 Å². The molecular weight excluding hydrogens is 342 g/mol. The van der Waals surface area contributed by atoms with Crippen LogP contribution >= 0.6 is 0 Å². The third-order valence-corrected chi connectivity index (χ3v) is 5.26. The fourth-order valence-corrected chi connectivity index (χ4v) is 3.35. The highest BCUT2D eigenvalue weighted by atomic mass is 32.2. The van der Waals surface area contributed by atoms with E-state index in [0.717, 1.165) is 24.9 Å². The number of hydrogen-bond donors (Lipinski definition) is 2. The maximum absolute atomic E-state index is 12.2. The summed E-state index contributed by atoms with van der Waals surface area (Å²) >= 11 is 0. The maximum atomic E-state index is 12.2. The van der Waals surface area contributed by atoms with Gasteiger partial charge in [0.15, 0.2) is 0 Å². The van der Waals surface area contributed by atoms with Gasteiger partial charge >= 0.3 is 0 Å². The molecule has 8 heteroatoms. The van der Waals surface area contributed by atoms with Gasteiger partial charge in [-0.2, -0.15) is 0 Å². The minimum absolute atomic E-state index is 0.0483. The van der Waals surface area contributed by atoms with Crippen LogP contribution in [0, 0.1) is 5.92 Å². The number of nitrogens with one attached hydrogen (secondary N) is 1. The third kappa shape index (κ3) is 5.54. The van der Waals surface area contributed by atoms with E-state index in [2.05, 4.69) is 12.2 Å². The van der Waals surface area contributed by atoms with Crippen molar-refractivity contribution in [2.75, 3.05) is 19.6 Å². The van der Waals surface area contributed by atoms with Gasteiger partial charge in [-0.05, 0) is 30.5 Å². The van der Waals surface area contributed by atoms with Crippen molar-refractivity contribution >= 4 is 21.8 Å². The third-order valence-electron chi connectivity index (χ3n) is 4.33. The van der Waals surface area contributed by atoms with Crippen LogP contribution in [-0.2, 0) is 26.0 Å². The number of carbonyl (C=O) groups is 2. The highest BCUT2D eigenvalue weighted by Crippen LogP contribution is 2.18. The van der Waals surface area contributed by atoms with E-state index in [0.29, 0.717) is 19.5 Å². The molecule has 2 amide bonds. The van der Waals surface area contributed by atoms with Crippen molar-refractivity contribution in [3.8, 4) is 0 Å². The minimum atomic E-state index is -3.69. The predicted molar refractivity (Wildman–Crippen MR) is 94.1 cm³/mol. The molecule has 1 aromatic carbocycles. The summed E-state index contributed by atoms with van der Waals surface area (Å²) in [5, 5.41) is 7.91. The topological polar surface area (TPSA) is 110 Å². The number of nitrogens with zero attached hydrogens (tertiary/aromatic N) is 1. The molecule has 25 heavy (non-hydrogen) atoms. The van der Waals surface area contributed by atoms with E-state index in [-0.39, 0.29) is 29.0 Å². The van der Waals surface area contributed by atoms with Crippen molar-refractivity contribution in [1.29, 1.82) is 0 Å². The van der Waals surface area contributed by atoms with E-state index in [1.165, 1.54) is 12.1 Å². The molecule has 0 aliphatic carbocycles. The second-order valence-corrected chi connectivity index (χ2v) is 7.89. The second-order valence-electron chi connectivity index (χ2n) is 6.32. The quantitative estimate of drug-likeness (QED) is 0.702. The average molecular weight is 367 g/mol. The molecule has 2 rings (SSSR count). The molecule has 0 radical (unpaired) electrons. The summed E-state index contributed by atoms with van der Waals surface area (Å²) in [7, 11) is -3.69. The van der Waals surface area contributed by atoms with E-state index in [9.17, 15) is 18.0 Å². The van der Waals surface area contributed by atoms with Crippen molar-refractivity contribution in [3.05, 3.63) is 29.8 Å². The number of primary sulfonamides is 1. The fraction of sp³-hybridized carbons (Fsp3) is 0.529. The van der Waals surface area contributed by atoms with E-state index < -0.39 is 10.0 Å². The number of unbranched alkanes of at least 4 members (excludes halogenated alkanes) is 1. The van der Waals surface area contributed by atoms with Gasteiger partial charge in [-0.15, -0.1) is 0 Å². The lowest BCUT2D eigenvalue weighted by atomic mass is 10.1. The molecule has 0 spiro atoms. The zero-order chi connectivity index (χ0) is 18.4. The molecular formula is C17H25N3O4S. The smallest absolute Gasteiger partial charge is 0.238 e. The van der Waals surface area contributed by atoms with Crippen molar-refractivity contribution < 1.29 is 18.0 Å². The fourth-order valence-electron chi connectivity index (χ4n) is 2.83. The monoisotopic (exact) mass is 367 g/mol. The Morgan fingerprint density at radius 2 is 2.00 bits per heavy atom.